The van der Waals surface area contributed by atoms with Crippen LogP contribution in [0.4, 0.5) is 0 Å². The summed E-state index contributed by atoms with van der Waals surface area (Å²) in [4.78, 5) is 2.30. The molecule has 0 spiro atoms. The van der Waals surface area contributed by atoms with E-state index in [0.717, 1.165) is 44.5 Å². The van der Waals surface area contributed by atoms with Crippen LogP contribution in [0.3, 0.4) is 0 Å². The first kappa shape index (κ1) is 17.3. The van der Waals surface area contributed by atoms with E-state index in [4.69, 9.17) is 5.73 Å². The van der Waals surface area contributed by atoms with Crippen LogP contribution in [0.2, 0.25) is 0 Å². The number of rotatable bonds is 2. The molecule has 25 heavy (non-hydrogen) atoms. The third kappa shape index (κ3) is 2.55. The monoisotopic (exact) mass is 333 g/mol. The average Bonchev–Trinajstić information content (AvgIpc) is 2.67. The van der Waals surface area contributed by atoms with Crippen molar-refractivity contribution in [1.82, 2.24) is 4.90 Å². The van der Waals surface area contributed by atoms with E-state index in [1.807, 2.05) is 0 Å². The lowest BCUT2D eigenvalue weighted by atomic mass is 9.55. The van der Waals surface area contributed by atoms with Crippen LogP contribution >= 0.6 is 0 Å². The normalized spacial score (nSPS) is 31.3. The maximum Gasteiger partial charge on any atom is 0.187 e. The number of nitriles is 3. The highest BCUT2D eigenvalue weighted by Gasteiger charge is 2.55. The molecule has 0 saturated carbocycles. The van der Waals surface area contributed by atoms with Crippen LogP contribution in [0, 0.1) is 57.2 Å². The summed E-state index contributed by atoms with van der Waals surface area (Å²) >= 11 is 0. The predicted octanol–water partition coefficient (Wildman–Crippen LogP) is 2.62. The summed E-state index contributed by atoms with van der Waals surface area (Å²) in [6.45, 7) is 4.55. The van der Waals surface area contributed by atoms with E-state index in [2.05, 4.69) is 48.3 Å². The lowest BCUT2D eigenvalue weighted by molar-refractivity contribution is 0.130. The van der Waals surface area contributed by atoms with Crippen molar-refractivity contribution in [3.63, 3.8) is 0 Å². The summed E-state index contributed by atoms with van der Waals surface area (Å²) in [5.41, 5.74) is 6.30. The van der Waals surface area contributed by atoms with Gasteiger partial charge in [0.15, 0.2) is 5.41 Å². The van der Waals surface area contributed by atoms with Gasteiger partial charge in [-0.3, -0.25) is 4.90 Å². The van der Waals surface area contributed by atoms with Crippen LogP contribution in [0.15, 0.2) is 35.1 Å². The molecule has 2 N–H and O–H groups in total. The SMILES string of the molecule is CCN1CC=C2C(C#N)=C(N)C(C#N)(C#N)[C@@H]([C@H]3C=CCCC3)[C@@H]2C1. The maximum atomic E-state index is 9.99. The number of likely N-dealkylation sites (N-methyl/N-ethyl adjacent to an activating group) is 1. The van der Waals surface area contributed by atoms with E-state index >= 15 is 0 Å². The van der Waals surface area contributed by atoms with Gasteiger partial charge >= 0.3 is 0 Å². The molecule has 2 aliphatic carbocycles. The average molecular weight is 333 g/mol. The number of nitrogens with zero attached hydrogens (tertiary/aromatic N) is 4. The van der Waals surface area contributed by atoms with Crippen molar-refractivity contribution < 1.29 is 0 Å². The zero-order valence-corrected chi connectivity index (χ0v) is 14.6. The molecule has 1 aliphatic heterocycles. The Morgan fingerprint density at radius 1 is 1.32 bits per heavy atom. The Bertz CT molecular complexity index is 753. The molecule has 0 saturated heterocycles. The summed E-state index contributed by atoms with van der Waals surface area (Å²) in [6, 6.07) is 6.62. The summed E-state index contributed by atoms with van der Waals surface area (Å²) in [6.07, 6.45) is 9.43. The molecule has 5 nitrogen and oxygen atoms in total. The van der Waals surface area contributed by atoms with E-state index in [9.17, 15) is 15.8 Å². The highest BCUT2D eigenvalue weighted by atomic mass is 15.1. The molecular formula is C20H23N5. The van der Waals surface area contributed by atoms with Crippen molar-refractivity contribution in [3.05, 3.63) is 35.1 Å². The van der Waals surface area contributed by atoms with Crippen LogP contribution in [0.5, 0.6) is 0 Å². The summed E-state index contributed by atoms with van der Waals surface area (Å²) in [7, 11) is 0. The standard InChI is InChI=1S/C20H23N5/c1-2-25-9-8-15-16(10-21)19(24)20(12-22,13-23)18(17(15)11-25)14-6-4-3-5-7-14/h4,6,8,14,17-18H,2-3,5,7,9,11,24H2,1H3/t14-,17+,18-/m0/s1. The Morgan fingerprint density at radius 3 is 2.64 bits per heavy atom. The maximum absolute atomic E-state index is 9.99. The molecule has 3 atom stereocenters. The van der Waals surface area contributed by atoms with Crippen LogP contribution < -0.4 is 5.73 Å². The number of hydrogen-bond donors (Lipinski definition) is 1. The minimum atomic E-state index is -1.43. The second-order valence-corrected chi connectivity index (χ2v) is 7.10. The van der Waals surface area contributed by atoms with Crippen molar-refractivity contribution in [1.29, 1.82) is 15.8 Å². The summed E-state index contributed by atoms with van der Waals surface area (Å²) in [5.74, 6) is -0.0866. The van der Waals surface area contributed by atoms with Crippen LogP contribution in [-0.2, 0) is 0 Å². The number of hydrogen-bond acceptors (Lipinski definition) is 5. The molecule has 0 bridgehead atoms. The van der Waals surface area contributed by atoms with E-state index in [0.29, 0.717) is 5.57 Å². The van der Waals surface area contributed by atoms with Crippen LogP contribution in [0.1, 0.15) is 26.2 Å². The lowest BCUT2D eigenvalue weighted by Crippen LogP contribution is -2.51. The first-order valence-electron chi connectivity index (χ1n) is 8.95. The first-order valence-corrected chi connectivity index (χ1v) is 8.95. The third-order valence-electron chi connectivity index (χ3n) is 6.00. The quantitative estimate of drug-likeness (QED) is 0.783. The second-order valence-electron chi connectivity index (χ2n) is 7.10. The van der Waals surface area contributed by atoms with E-state index < -0.39 is 5.41 Å². The van der Waals surface area contributed by atoms with Gasteiger partial charge in [0.2, 0.25) is 0 Å². The molecule has 1 heterocycles. The smallest absolute Gasteiger partial charge is 0.187 e. The zero-order chi connectivity index (χ0) is 18.0. The highest BCUT2D eigenvalue weighted by molar-refractivity contribution is 5.57. The Hall–Kier alpha value is -2.55. The molecule has 0 aromatic heterocycles. The molecule has 0 aromatic carbocycles. The van der Waals surface area contributed by atoms with Gasteiger partial charge in [0, 0.05) is 24.9 Å². The Kier molecular flexibility index (Phi) is 4.67. The number of allylic oxidation sites excluding steroid dienone is 4. The minimum absolute atomic E-state index is 0.0114. The molecule has 3 rings (SSSR count). The van der Waals surface area contributed by atoms with Gasteiger partial charge in [-0.05, 0) is 37.3 Å². The van der Waals surface area contributed by atoms with Gasteiger partial charge in [0.25, 0.3) is 0 Å². The Morgan fingerprint density at radius 2 is 2.08 bits per heavy atom. The summed E-state index contributed by atoms with van der Waals surface area (Å²) < 4.78 is 0. The second kappa shape index (κ2) is 6.75. The molecule has 0 amide bonds. The lowest BCUT2D eigenvalue weighted by Gasteiger charge is -2.48. The topological polar surface area (TPSA) is 101 Å². The largest absolute Gasteiger partial charge is 0.399 e. The molecule has 0 fully saturated rings. The molecule has 128 valence electrons. The van der Waals surface area contributed by atoms with Crippen molar-refractivity contribution in [3.8, 4) is 18.2 Å². The minimum Gasteiger partial charge on any atom is -0.399 e. The summed E-state index contributed by atoms with van der Waals surface area (Å²) in [5, 5.41) is 29.6. The van der Waals surface area contributed by atoms with Gasteiger partial charge in [-0.1, -0.05) is 25.2 Å². The number of nitrogens with two attached hydrogens (primary N) is 1. The number of fused-ring (bicyclic) bond motifs is 1. The van der Waals surface area contributed by atoms with Gasteiger partial charge in [-0.25, -0.2) is 0 Å². The third-order valence-corrected chi connectivity index (χ3v) is 6.00. The van der Waals surface area contributed by atoms with Crippen molar-refractivity contribution in [2.75, 3.05) is 19.6 Å². The zero-order valence-electron chi connectivity index (χ0n) is 14.6. The van der Waals surface area contributed by atoms with E-state index in [1.54, 1.807) is 0 Å². The fourth-order valence-corrected chi connectivity index (χ4v) is 4.69. The molecule has 0 aromatic rings. The molecular weight excluding hydrogens is 310 g/mol. The Labute approximate surface area is 149 Å². The first-order chi connectivity index (χ1) is 12.1. The van der Waals surface area contributed by atoms with Crippen molar-refractivity contribution in [2.45, 2.75) is 26.2 Å². The van der Waals surface area contributed by atoms with Gasteiger partial charge in [0.05, 0.1) is 23.4 Å². The van der Waals surface area contributed by atoms with Crippen LogP contribution in [-0.4, -0.2) is 24.5 Å². The Balaban J connectivity index is 2.22. The molecule has 0 radical (unpaired) electrons. The van der Waals surface area contributed by atoms with Gasteiger partial charge in [-0.2, -0.15) is 15.8 Å². The van der Waals surface area contributed by atoms with Crippen LogP contribution in [0.25, 0.3) is 0 Å². The van der Waals surface area contributed by atoms with Gasteiger partial charge in [0.1, 0.15) is 6.07 Å². The molecule has 5 heteroatoms. The highest BCUT2D eigenvalue weighted by Crippen LogP contribution is 2.53. The predicted molar refractivity (Wildman–Crippen MR) is 94.1 cm³/mol. The van der Waals surface area contributed by atoms with Gasteiger partial charge < -0.3 is 5.73 Å². The van der Waals surface area contributed by atoms with Crippen molar-refractivity contribution in [2.24, 2.45) is 28.9 Å². The fraction of sp³-hybridized carbons (Fsp3) is 0.550. The fourth-order valence-electron chi connectivity index (χ4n) is 4.69. The molecule has 3 aliphatic rings. The van der Waals surface area contributed by atoms with E-state index in [-0.39, 0.29) is 23.5 Å². The van der Waals surface area contributed by atoms with E-state index in [1.165, 1.54) is 0 Å². The van der Waals surface area contributed by atoms with Crippen molar-refractivity contribution >= 4 is 0 Å². The van der Waals surface area contributed by atoms with Gasteiger partial charge in [-0.15, -0.1) is 0 Å². The molecule has 0 unspecified atom stereocenters.